The normalized spacial score (nSPS) is 10.7. The minimum absolute atomic E-state index is 0.559. The molecular formula is C16H19Cl2N3. The van der Waals surface area contributed by atoms with Crippen molar-refractivity contribution in [2.45, 2.75) is 33.6 Å². The van der Waals surface area contributed by atoms with Crippen molar-refractivity contribution in [3.05, 3.63) is 50.9 Å². The van der Waals surface area contributed by atoms with E-state index >= 15 is 0 Å². The maximum Gasteiger partial charge on any atom is 0.135 e. The number of aromatic nitrogens is 2. The molecule has 112 valence electrons. The summed E-state index contributed by atoms with van der Waals surface area (Å²) in [4.78, 5) is 9.27. The second-order valence-electron chi connectivity index (χ2n) is 4.87. The number of nitrogens with one attached hydrogen (secondary N) is 1. The fourth-order valence-corrected chi connectivity index (χ4v) is 2.53. The maximum absolute atomic E-state index is 6.06. The first-order valence-electron chi connectivity index (χ1n) is 7.09. The second kappa shape index (κ2) is 7.10. The van der Waals surface area contributed by atoms with Crippen LogP contribution in [0, 0.1) is 6.92 Å². The van der Waals surface area contributed by atoms with E-state index in [-0.39, 0.29) is 0 Å². The van der Waals surface area contributed by atoms with Crippen LogP contribution in [0.1, 0.15) is 36.5 Å². The first kappa shape index (κ1) is 16.1. The number of aryl methyl sites for hydroxylation is 1. The quantitative estimate of drug-likeness (QED) is 0.868. The molecule has 0 aliphatic rings. The van der Waals surface area contributed by atoms with Crippen LogP contribution in [0.5, 0.6) is 0 Å². The van der Waals surface area contributed by atoms with Crippen LogP contribution in [-0.2, 0) is 12.8 Å². The van der Waals surface area contributed by atoms with Crippen molar-refractivity contribution in [2.75, 3.05) is 11.9 Å². The van der Waals surface area contributed by atoms with Crippen LogP contribution in [0.25, 0.3) is 0 Å². The van der Waals surface area contributed by atoms with Gasteiger partial charge < -0.3 is 5.32 Å². The third kappa shape index (κ3) is 3.86. The summed E-state index contributed by atoms with van der Waals surface area (Å²) >= 11 is 12.0. The molecular weight excluding hydrogens is 305 g/mol. The predicted molar refractivity (Wildman–Crippen MR) is 89.6 cm³/mol. The molecule has 0 saturated carbocycles. The molecule has 0 saturated heterocycles. The summed E-state index contributed by atoms with van der Waals surface area (Å²) in [6.07, 6.45) is 1.53. The molecule has 2 rings (SSSR count). The molecule has 0 amide bonds. The Morgan fingerprint density at radius 2 is 1.86 bits per heavy atom. The number of hydrogen-bond donors (Lipinski definition) is 1. The lowest BCUT2D eigenvalue weighted by molar-refractivity contribution is 0.887. The number of rotatable bonds is 5. The lowest BCUT2D eigenvalue weighted by Gasteiger charge is -2.12. The molecule has 1 N–H and O–H groups in total. The lowest BCUT2D eigenvalue weighted by atomic mass is 10.1. The van der Waals surface area contributed by atoms with Crippen molar-refractivity contribution in [3.63, 3.8) is 0 Å². The number of halogens is 2. The molecule has 0 radical (unpaired) electrons. The first-order valence-corrected chi connectivity index (χ1v) is 7.84. The molecule has 0 bridgehead atoms. The topological polar surface area (TPSA) is 37.8 Å². The Kier molecular flexibility index (Phi) is 5.43. The van der Waals surface area contributed by atoms with E-state index in [9.17, 15) is 0 Å². The van der Waals surface area contributed by atoms with Crippen molar-refractivity contribution in [3.8, 4) is 0 Å². The van der Waals surface area contributed by atoms with Crippen molar-refractivity contribution in [1.82, 2.24) is 9.97 Å². The molecule has 0 aliphatic carbocycles. The zero-order valence-electron chi connectivity index (χ0n) is 12.5. The average Bonchev–Trinajstić information content (AvgIpc) is 2.46. The lowest BCUT2D eigenvalue weighted by Crippen LogP contribution is -2.09. The Labute approximate surface area is 135 Å². The second-order valence-corrected chi connectivity index (χ2v) is 5.68. The molecule has 0 spiro atoms. The molecule has 1 aromatic carbocycles. The van der Waals surface area contributed by atoms with Gasteiger partial charge in [-0.3, -0.25) is 0 Å². The van der Waals surface area contributed by atoms with Gasteiger partial charge in [0.1, 0.15) is 11.6 Å². The van der Waals surface area contributed by atoms with Gasteiger partial charge in [0.15, 0.2) is 0 Å². The SMILES string of the molecule is CCNc1nc(Cc2ccc(Cl)c(Cl)c2)nc(CC)c1C. The molecule has 0 atom stereocenters. The van der Waals surface area contributed by atoms with Gasteiger partial charge in [0.05, 0.1) is 10.0 Å². The van der Waals surface area contributed by atoms with E-state index in [0.29, 0.717) is 16.5 Å². The Morgan fingerprint density at radius 3 is 2.48 bits per heavy atom. The maximum atomic E-state index is 6.06. The molecule has 2 aromatic rings. The third-order valence-electron chi connectivity index (χ3n) is 3.32. The standard InChI is InChI=1S/C16H19Cl2N3/c1-4-14-10(3)16(19-5-2)21-15(20-14)9-11-6-7-12(17)13(18)8-11/h6-8H,4-5,9H2,1-3H3,(H,19,20,21). The van der Waals surface area contributed by atoms with Gasteiger partial charge >= 0.3 is 0 Å². The molecule has 5 heteroatoms. The van der Waals surface area contributed by atoms with Crippen LogP contribution < -0.4 is 5.32 Å². The van der Waals surface area contributed by atoms with Crippen molar-refractivity contribution < 1.29 is 0 Å². The number of hydrogen-bond acceptors (Lipinski definition) is 3. The summed E-state index contributed by atoms with van der Waals surface area (Å²) in [5.41, 5.74) is 3.26. The Morgan fingerprint density at radius 1 is 1.10 bits per heavy atom. The molecule has 3 nitrogen and oxygen atoms in total. The molecule has 0 unspecified atom stereocenters. The molecule has 21 heavy (non-hydrogen) atoms. The van der Waals surface area contributed by atoms with E-state index in [1.807, 2.05) is 12.1 Å². The predicted octanol–water partition coefficient (Wildman–Crippen LogP) is 4.68. The smallest absolute Gasteiger partial charge is 0.135 e. The van der Waals surface area contributed by atoms with Crippen molar-refractivity contribution in [1.29, 1.82) is 0 Å². The van der Waals surface area contributed by atoms with Gasteiger partial charge in [0.25, 0.3) is 0 Å². The molecule has 0 fully saturated rings. The summed E-state index contributed by atoms with van der Waals surface area (Å²) in [6, 6.07) is 5.63. The highest BCUT2D eigenvalue weighted by Gasteiger charge is 2.10. The van der Waals surface area contributed by atoms with Gasteiger partial charge in [-0.15, -0.1) is 0 Å². The Balaban J connectivity index is 2.34. The van der Waals surface area contributed by atoms with Gasteiger partial charge in [0.2, 0.25) is 0 Å². The highest BCUT2D eigenvalue weighted by Crippen LogP contribution is 2.24. The van der Waals surface area contributed by atoms with Crippen LogP contribution in [0.15, 0.2) is 18.2 Å². The summed E-state index contributed by atoms with van der Waals surface area (Å²) in [7, 11) is 0. The fourth-order valence-electron chi connectivity index (χ4n) is 2.21. The summed E-state index contributed by atoms with van der Waals surface area (Å²) < 4.78 is 0. The highest BCUT2D eigenvalue weighted by atomic mass is 35.5. The zero-order valence-corrected chi connectivity index (χ0v) is 14.0. The largest absolute Gasteiger partial charge is 0.370 e. The van der Waals surface area contributed by atoms with E-state index in [4.69, 9.17) is 23.2 Å². The number of anilines is 1. The number of nitrogens with zero attached hydrogens (tertiary/aromatic N) is 2. The van der Waals surface area contributed by atoms with Gasteiger partial charge in [0, 0.05) is 24.2 Å². The van der Waals surface area contributed by atoms with E-state index in [1.165, 1.54) is 0 Å². The van der Waals surface area contributed by atoms with Crippen LogP contribution in [0.3, 0.4) is 0 Å². The molecule has 1 heterocycles. The fraction of sp³-hybridized carbons (Fsp3) is 0.375. The van der Waals surface area contributed by atoms with Crippen LogP contribution >= 0.6 is 23.2 Å². The monoisotopic (exact) mass is 323 g/mol. The highest BCUT2D eigenvalue weighted by molar-refractivity contribution is 6.42. The summed E-state index contributed by atoms with van der Waals surface area (Å²) in [5, 5.41) is 4.42. The van der Waals surface area contributed by atoms with E-state index < -0.39 is 0 Å². The van der Waals surface area contributed by atoms with Gasteiger partial charge in [-0.25, -0.2) is 9.97 Å². The van der Waals surface area contributed by atoms with Crippen molar-refractivity contribution in [2.24, 2.45) is 0 Å². The van der Waals surface area contributed by atoms with E-state index in [1.54, 1.807) is 6.07 Å². The minimum Gasteiger partial charge on any atom is -0.370 e. The van der Waals surface area contributed by atoms with Crippen LogP contribution in [0.2, 0.25) is 10.0 Å². The Hall–Kier alpha value is -1.32. The van der Waals surface area contributed by atoms with Gasteiger partial charge in [-0.2, -0.15) is 0 Å². The minimum atomic E-state index is 0.559. The van der Waals surface area contributed by atoms with Gasteiger partial charge in [-0.05, 0) is 38.0 Å². The third-order valence-corrected chi connectivity index (χ3v) is 4.06. The zero-order chi connectivity index (χ0) is 15.4. The molecule has 1 aromatic heterocycles. The van der Waals surface area contributed by atoms with Gasteiger partial charge in [-0.1, -0.05) is 36.2 Å². The molecule has 0 aliphatic heterocycles. The van der Waals surface area contributed by atoms with Crippen LogP contribution in [0.4, 0.5) is 5.82 Å². The summed E-state index contributed by atoms with van der Waals surface area (Å²) in [6.45, 7) is 7.06. The Bertz CT molecular complexity index is 642. The van der Waals surface area contributed by atoms with Crippen molar-refractivity contribution >= 4 is 29.0 Å². The first-order chi connectivity index (χ1) is 10.0. The average molecular weight is 324 g/mol. The van der Waals surface area contributed by atoms with E-state index in [2.05, 4.69) is 36.1 Å². The van der Waals surface area contributed by atoms with Crippen LogP contribution in [-0.4, -0.2) is 16.5 Å². The summed E-state index contributed by atoms with van der Waals surface area (Å²) in [5.74, 6) is 1.71. The number of benzene rings is 1. The van der Waals surface area contributed by atoms with E-state index in [0.717, 1.165) is 41.4 Å².